The molecule has 0 radical (unpaired) electrons. The Bertz CT molecular complexity index is 1060. The number of nitrogens with zero attached hydrogens (tertiary/aromatic N) is 3. The van der Waals surface area contributed by atoms with Gasteiger partial charge < -0.3 is 20.1 Å². The standard InChI is InChI=1S/C24H29F3N4O4/c25-24(26,27)23-17(14-31(29-23)18-4-2-1-3-5-18)15-35-19-6-7-20-16(12-19)9-11-30(20)21(32)13-28-10-8-22(33)34/h6-7,12,14,18,28H,1-5,8-11,13,15H2,(H,33,34). The summed E-state index contributed by atoms with van der Waals surface area (Å²) in [6.07, 6.45) is 2.17. The smallest absolute Gasteiger partial charge is 0.435 e. The first kappa shape index (κ1) is 25.0. The van der Waals surface area contributed by atoms with Gasteiger partial charge in [-0.1, -0.05) is 19.3 Å². The molecule has 0 unspecified atom stereocenters. The van der Waals surface area contributed by atoms with Crippen LogP contribution in [0.3, 0.4) is 0 Å². The van der Waals surface area contributed by atoms with Crippen molar-refractivity contribution in [2.75, 3.05) is 24.5 Å². The Balaban J connectivity index is 1.40. The third kappa shape index (κ3) is 6.14. The zero-order chi connectivity index (χ0) is 25.0. The van der Waals surface area contributed by atoms with Crippen molar-refractivity contribution in [1.82, 2.24) is 15.1 Å². The lowest BCUT2D eigenvalue weighted by Crippen LogP contribution is -2.37. The minimum absolute atomic E-state index is 0.00723. The fraction of sp³-hybridized carbons (Fsp3) is 0.542. The van der Waals surface area contributed by atoms with E-state index in [4.69, 9.17) is 9.84 Å². The summed E-state index contributed by atoms with van der Waals surface area (Å²) in [5, 5.41) is 15.4. The number of amides is 1. The Labute approximate surface area is 201 Å². The predicted molar refractivity (Wildman–Crippen MR) is 121 cm³/mol. The van der Waals surface area contributed by atoms with Crippen molar-refractivity contribution in [3.8, 4) is 5.75 Å². The first-order valence-corrected chi connectivity index (χ1v) is 11.9. The van der Waals surface area contributed by atoms with Crippen LogP contribution in [0.2, 0.25) is 0 Å². The zero-order valence-electron chi connectivity index (χ0n) is 19.3. The fourth-order valence-electron chi connectivity index (χ4n) is 4.68. The number of hydrogen-bond donors (Lipinski definition) is 2. The monoisotopic (exact) mass is 494 g/mol. The van der Waals surface area contributed by atoms with Crippen molar-refractivity contribution in [3.63, 3.8) is 0 Å². The maximum Gasteiger partial charge on any atom is 0.435 e. The van der Waals surface area contributed by atoms with Crippen molar-refractivity contribution >= 4 is 17.6 Å². The summed E-state index contributed by atoms with van der Waals surface area (Å²) in [5.41, 5.74) is 0.697. The summed E-state index contributed by atoms with van der Waals surface area (Å²) in [6.45, 7) is 0.447. The number of halogens is 3. The number of carboxylic acids is 1. The Morgan fingerprint density at radius 1 is 1.20 bits per heavy atom. The van der Waals surface area contributed by atoms with Gasteiger partial charge in [0.15, 0.2) is 5.69 Å². The van der Waals surface area contributed by atoms with Crippen LogP contribution >= 0.6 is 0 Å². The van der Waals surface area contributed by atoms with Gasteiger partial charge in [-0.15, -0.1) is 0 Å². The number of carboxylic acid groups (broad SMARTS) is 1. The molecule has 1 aromatic heterocycles. The minimum Gasteiger partial charge on any atom is -0.489 e. The summed E-state index contributed by atoms with van der Waals surface area (Å²) < 4.78 is 48.0. The highest BCUT2D eigenvalue weighted by Gasteiger charge is 2.38. The van der Waals surface area contributed by atoms with Crippen molar-refractivity contribution in [2.24, 2.45) is 0 Å². The normalized spacial score (nSPS) is 16.4. The zero-order valence-corrected chi connectivity index (χ0v) is 19.3. The van der Waals surface area contributed by atoms with E-state index in [1.165, 1.54) is 10.9 Å². The van der Waals surface area contributed by atoms with Gasteiger partial charge in [0.1, 0.15) is 12.4 Å². The van der Waals surface area contributed by atoms with Gasteiger partial charge in [-0.25, -0.2) is 0 Å². The average Bonchev–Trinajstić information content (AvgIpc) is 3.45. The Morgan fingerprint density at radius 3 is 2.69 bits per heavy atom. The molecule has 0 spiro atoms. The summed E-state index contributed by atoms with van der Waals surface area (Å²) in [7, 11) is 0. The van der Waals surface area contributed by atoms with E-state index in [-0.39, 0.29) is 43.6 Å². The minimum atomic E-state index is -4.56. The number of ether oxygens (including phenoxy) is 1. The van der Waals surface area contributed by atoms with Crippen molar-refractivity contribution < 1.29 is 32.6 Å². The lowest BCUT2D eigenvalue weighted by atomic mass is 9.96. The SMILES string of the molecule is O=C(O)CCNCC(=O)N1CCc2cc(OCc3cn(C4CCCCC4)nc3C(F)(F)F)ccc21. The van der Waals surface area contributed by atoms with Crippen LogP contribution in [0, 0.1) is 0 Å². The van der Waals surface area contributed by atoms with Crippen LogP contribution < -0.4 is 15.0 Å². The van der Waals surface area contributed by atoms with E-state index in [1.807, 2.05) is 0 Å². The molecule has 1 amide bonds. The average molecular weight is 495 g/mol. The maximum atomic E-state index is 13.6. The summed E-state index contributed by atoms with van der Waals surface area (Å²) in [5.74, 6) is -0.684. The number of benzene rings is 1. The molecule has 35 heavy (non-hydrogen) atoms. The number of carbonyl (C=O) groups is 2. The summed E-state index contributed by atoms with van der Waals surface area (Å²) in [4.78, 5) is 24.7. The molecule has 0 atom stereocenters. The van der Waals surface area contributed by atoms with Gasteiger partial charge in [-0.3, -0.25) is 14.3 Å². The number of hydrogen-bond acceptors (Lipinski definition) is 5. The number of aliphatic carboxylic acids is 1. The van der Waals surface area contributed by atoms with Crippen molar-refractivity contribution in [3.05, 3.63) is 41.2 Å². The van der Waals surface area contributed by atoms with Crippen LogP contribution in [-0.4, -0.2) is 46.4 Å². The third-order valence-corrected chi connectivity index (χ3v) is 6.46. The molecule has 2 heterocycles. The summed E-state index contributed by atoms with van der Waals surface area (Å²) in [6, 6.07) is 5.10. The number of aromatic nitrogens is 2. The molecular weight excluding hydrogens is 465 g/mol. The second kappa shape index (κ2) is 10.7. The molecule has 1 aliphatic carbocycles. The lowest BCUT2D eigenvalue weighted by molar-refractivity contribution is -0.142. The van der Waals surface area contributed by atoms with Gasteiger partial charge in [-0.05, 0) is 43.0 Å². The molecule has 11 heteroatoms. The molecule has 8 nitrogen and oxygen atoms in total. The molecule has 1 saturated carbocycles. The molecular formula is C24H29F3N4O4. The van der Waals surface area contributed by atoms with E-state index in [2.05, 4.69) is 10.4 Å². The van der Waals surface area contributed by atoms with Gasteiger partial charge in [0.2, 0.25) is 5.91 Å². The fourth-order valence-corrected chi connectivity index (χ4v) is 4.68. The van der Waals surface area contributed by atoms with E-state index >= 15 is 0 Å². The Hall–Kier alpha value is -3.08. The first-order valence-electron chi connectivity index (χ1n) is 11.9. The van der Waals surface area contributed by atoms with E-state index < -0.39 is 17.8 Å². The largest absolute Gasteiger partial charge is 0.489 e. The highest BCUT2D eigenvalue weighted by molar-refractivity contribution is 5.96. The van der Waals surface area contributed by atoms with Gasteiger partial charge in [0.25, 0.3) is 0 Å². The van der Waals surface area contributed by atoms with E-state index in [9.17, 15) is 22.8 Å². The highest BCUT2D eigenvalue weighted by atomic mass is 19.4. The van der Waals surface area contributed by atoms with Gasteiger partial charge in [0.05, 0.1) is 19.0 Å². The van der Waals surface area contributed by atoms with E-state index in [0.717, 1.165) is 43.4 Å². The number of carbonyl (C=O) groups excluding carboxylic acids is 1. The van der Waals surface area contributed by atoms with Gasteiger partial charge in [-0.2, -0.15) is 18.3 Å². The topological polar surface area (TPSA) is 96.7 Å². The molecule has 1 fully saturated rings. The molecule has 190 valence electrons. The summed E-state index contributed by atoms with van der Waals surface area (Å²) >= 11 is 0. The van der Waals surface area contributed by atoms with Crippen molar-refractivity contribution in [1.29, 1.82) is 0 Å². The molecule has 0 saturated heterocycles. The molecule has 1 aliphatic heterocycles. The quantitative estimate of drug-likeness (QED) is 0.513. The third-order valence-electron chi connectivity index (χ3n) is 6.46. The number of nitrogens with one attached hydrogen (secondary N) is 1. The number of anilines is 1. The highest BCUT2D eigenvalue weighted by Crippen LogP contribution is 2.35. The molecule has 0 bridgehead atoms. The molecule has 2 aromatic rings. The van der Waals surface area contributed by atoms with Crippen LogP contribution in [0.15, 0.2) is 24.4 Å². The Morgan fingerprint density at radius 2 is 1.97 bits per heavy atom. The molecule has 4 rings (SSSR count). The van der Waals surface area contributed by atoms with Crippen LogP contribution in [0.25, 0.3) is 0 Å². The molecule has 2 N–H and O–H groups in total. The van der Waals surface area contributed by atoms with Crippen LogP contribution in [-0.2, 0) is 28.8 Å². The van der Waals surface area contributed by atoms with Crippen LogP contribution in [0.1, 0.15) is 61.4 Å². The molecule has 2 aliphatic rings. The second-order valence-corrected chi connectivity index (χ2v) is 8.97. The first-order chi connectivity index (χ1) is 16.7. The number of alkyl halides is 3. The van der Waals surface area contributed by atoms with Crippen LogP contribution in [0.4, 0.5) is 18.9 Å². The van der Waals surface area contributed by atoms with Gasteiger partial charge in [0, 0.05) is 30.5 Å². The Kier molecular flexibility index (Phi) is 7.63. The number of fused-ring (bicyclic) bond motifs is 1. The van der Waals surface area contributed by atoms with Crippen LogP contribution in [0.5, 0.6) is 5.75 Å². The van der Waals surface area contributed by atoms with E-state index in [1.54, 1.807) is 23.1 Å². The second-order valence-electron chi connectivity index (χ2n) is 8.97. The van der Waals surface area contributed by atoms with Gasteiger partial charge >= 0.3 is 12.1 Å². The van der Waals surface area contributed by atoms with Crippen molar-refractivity contribution in [2.45, 2.75) is 63.8 Å². The number of rotatable bonds is 9. The lowest BCUT2D eigenvalue weighted by Gasteiger charge is -2.21. The van der Waals surface area contributed by atoms with E-state index in [0.29, 0.717) is 18.7 Å². The predicted octanol–water partition coefficient (Wildman–Crippen LogP) is 3.94. The molecule has 1 aromatic carbocycles. The maximum absolute atomic E-state index is 13.6.